The molecule has 1 aliphatic rings. The summed E-state index contributed by atoms with van der Waals surface area (Å²) in [5.41, 5.74) is 5.16. The molecule has 3 N–H and O–H groups in total. The second-order valence-corrected chi connectivity index (χ2v) is 5.44. The molecule has 1 saturated carbocycles. The Kier molecular flexibility index (Phi) is 4.88. The highest BCUT2D eigenvalue weighted by Gasteiger charge is 2.30. The summed E-state index contributed by atoms with van der Waals surface area (Å²) in [7, 11) is 0. The molecule has 0 radical (unpaired) electrons. The molecular formula is C15H19F3N2O. The predicted molar refractivity (Wildman–Crippen MR) is 73.7 cm³/mol. The fourth-order valence-corrected chi connectivity index (χ4v) is 2.79. The highest BCUT2D eigenvalue weighted by Crippen LogP contribution is 2.29. The average Bonchev–Trinajstić information content (AvgIpc) is 2.97. The number of halogens is 3. The van der Waals surface area contributed by atoms with Crippen LogP contribution in [0.1, 0.15) is 41.6 Å². The van der Waals surface area contributed by atoms with Gasteiger partial charge in [0.1, 0.15) is 0 Å². The van der Waals surface area contributed by atoms with E-state index in [-0.39, 0.29) is 17.5 Å². The number of amides is 1. The van der Waals surface area contributed by atoms with Crippen LogP contribution in [0.5, 0.6) is 0 Å². The summed E-state index contributed by atoms with van der Waals surface area (Å²) >= 11 is 0. The maximum Gasteiger partial charge on any atom is 0.416 e. The SMILES string of the molecule is NCC(NC(=O)c1ccc(C(F)(F)F)cc1)C1CCCC1. The third-order valence-electron chi connectivity index (χ3n) is 4.01. The lowest BCUT2D eigenvalue weighted by atomic mass is 9.97. The molecular weight excluding hydrogens is 281 g/mol. The summed E-state index contributed by atoms with van der Waals surface area (Å²) in [6.45, 7) is 0.344. The van der Waals surface area contributed by atoms with Gasteiger partial charge < -0.3 is 11.1 Å². The number of alkyl halides is 3. The summed E-state index contributed by atoms with van der Waals surface area (Å²) in [6, 6.07) is 4.12. The highest BCUT2D eigenvalue weighted by atomic mass is 19.4. The minimum atomic E-state index is -4.39. The van der Waals surface area contributed by atoms with Crippen molar-refractivity contribution < 1.29 is 18.0 Å². The van der Waals surface area contributed by atoms with Crippen molar-refractivity contribution >= 4 is 5.91 Å². The van der Waals surface area contributed by atoms with Crippen molar-refractivity contribution in [2.45, 2.75) is 37.9 Å². The number of carbonyl (C=O) groups excluding carboxylic acids is 1. The van der Waals surface area contributed by atoms with E-state index in [0.717, 1.165) is 37.8 Å². The second-order valence-electron chi connectivity index (χ2n) is 5.44. The molecule has 2 rings (SSSR count). The molecule has 1 fully saturated rings. The van der Waals surface area contributed by atoms with E-state index in [4.69, 9.17) is 5.73 Å². The average molecular weight is 300 g/mol. The van der Waals surface area contributed by atoms with Crippen LogP contribution in [0.2, 0.25) is 0 Å². The number of rotatable bonds is 4. The second kappa shape index (κ2) is 6.47. The molecule has 1 aromatic carbocycles. The fraction of sp³-hybridized carbons (Fsp3) is 0.533. The maximum atomic E-state index is 12.5. The van der Waals surface area contributed by atoms with Gasteiger partial charge in [-0.25, -0.2) is 0 Å². The van der Waals surface area contributed by atoms with Crippen molar-refractivity contribution in [3.8, 4) is 0 Å². The van der Waals surface area contributed by atoms with E-state index in [1.165, 1.54) is 12.1 Å². The first-order valence-corrected chi connectivity index (χ1v) is 7.10. The summed E-state index contributed by atoms with van der Waals surface area (Å²) in [5, 5.41) is 2.84. The van der Waals surface area contributed by atoms with E-state index < -0.39 is 11.7 Å². The number of benzene rings is 1. The third-order valence-corrected chi connectivity index (χ3v) is 4.01. The Hall–Kier alpha value is -1.56. The molecule has 0 bridgehead atoms. The standard InChI is InChI=1S/C15H19F3N2O/c16-15(17,18)12-7-5-11(6-8-12)14(21)20-13(9-19)10-3-1-2-4-10/h5-8,10,13H,1-4,9,19H2,(H,20,21). The molecule has 1 aromatic rings. The molecule has 6 heteroatoms. The molecule has 0 saturated heterocycles. The van der Waals surface area contributed by atoms with Gasteiger partial charge in [-0.1, -0.05) is 12.8 Å². The molecule has 21 heavy (non-hydrogen) atoms. The summed E-state index contributed by atoms with van der Waals surface area (Å²) in [6.07, 6.45) is -0.0441. The van der Waals surface area contributed by atoms with Gasteiger partial charge in [0.25, 0.3) is 5.91 Å². The van der Waals surface area contributed by atoms with Crippen LogP contribution in [-0.4, -0.2) is 18.5 Å². The van der Waals surface area contributed by atoms with Gasteiger partial charge in [0, 0.05) is 18.2 Å². The first-order valence-electron chi connectivity index (χ1n) is 7.10. The Morgan fingerprint density at radius 3 is 2.29 bits per heavy atom. The van der Waals surface area contributed by atoms with Gasteiger partial charge in [0.05, 0.1) is 5.56 Å². The van der Waals surface area contributed by atoms with Crippen LogP contribution >= 0.6 is 0 Å². The quantitative estimate of drug-likeness (QED) is 0.898. The van der Waals surface area contributed by atoms with Gasteiger partial charge in [-0.3, -0.25) is 4.79 Å². The summed E-state index contributed by atoms with van der Waals surface area (Å²) in [5.74, 6) is -0.000488. The lowest BCUT2D eigenvalue weighted by Gasteiger charge is -2.23. The topological polar surface area (TPSA) is 55.1 Å². The van der Waals surface area contributed by atoms with E-state index in [9.17, 15) is 18.0 Å². The normalized spacial score (nSPS) is 17.7. The van der Waals surface area contributed by atoms with Crippen molar-refractivity contribution in [1.29, 1.82) is 0 Å². The van der Waals surface area contributed by atoms with Gasteiger partial charge in [-0.15, -0.1) is 0 Å². The molecule has 0 aliphatic heterocycles. The predicted octanol–water partition coefficient (Wildman–Crippen LogP) is 2.95. The lowest BCUT2D eigenvalue weighted by molar-refractivity contribution is -0.137. The number of hydrogen-bond donors (Lipinski definition) is 2. The highest BCUT2D eigenvalue weighted by molar-refractivity contribution is 5.94. The Balaban J connectivity index is 2.02. The molecule has 1 unspecified atom stereocenters. The van der Waals surface area contributed by atoms with Crippen LogP contribution in [0, 0.1) is 5.92 Å². The summed E-state index contributed by atoms with van der Waals surface area (Å²) < 4.78 is 37.4. The van der Waals surface area contributed by atoms with Crippen molar-refractivity contribution in [3.05, 3.63) is 35.4 Å². The van der Waals surface area contributed by atoms with Gasteiger partial charge >= 0.3 is 6.18 Å². The minimum absolute atomic E-state index is 0.109. The van der Waals surface area contributed by atoms with Crippen molar-refractivity contribution in [1.82, 2.24) is 5.32 Å². The Bertz CT molecular complexity index is 479. The Labute approximate surface area is 121 Å². The van der Waals surface area contributed by atoms with Gasteiger partial charge in [0.15, 0.2) is 0 Å². The lowest BCUT2D eigenvalue weighted by Crippen LogP contribution is -2.44. The molecule has 1 amide bonds. The molecule has 0 spiro atoms. The van der Waals surface area contributed by atoms with Gasteiger partial charge in [-0.05, 0) is 43.0 Å². The van der Waals surface area contributed by atoms with E-state index in [2.05, 4.69) is 5.32 Å². The third kappa shape index (κ3) is 3.97. The number of carbonyl (C=O) groups is 1. The summed E-state index contributed by atoms with van der Waals surface area (Å²) in [4.78, 5) is 12.1. The van der Waals surface area contributed by atoms with E-state index in [1.54, 1.807) is 0 Å². The molecule has 116 valence electrons. The molecule has 1 aliphatic carbocycles. The fourth-order valence-electron chi connectivity index (χ4n) is 2.79. The molecule has 0 aromatic heterocycles. The zero-order valence-corrected chi connectivity index (χ0v) is 11.6. The van der Waals surface area contributed by atoms with Crippen LogP contribution in [0.3, 0.4) is 0 Å². The smallest absolute Gasteiger partial charge is 0.348 e. The van der Waals surface area contributed by atoms with Crippen LogP contribution in [0.25, 0.3) is 0 Å². The zero-order valence-electron chi connectivity index (χ0n) is 11.6. The van der Waals surface area contributed by atoms with Crippen molar-refractivity contribution in [2.75, 3.05) is 6.54 Å². The Morgan fingerprint density at radius 1 is 1.24 bits per heavy atom. The van der Waals surface area contributed by atoms with E-state index in [1.807, 2.05) is 0 Å². The molecule has 3 nitrogen and oxygen atoms in total. The first kappa shape index (κ1) is 15.8. The maximum absolute atomic E-state index is 12.5. The molecule has 1 atom stereocenters. The van der Waals surface area contributed by atoms with Gasteiger partial charge in [-0.2, -0.15) is 13.2 Å². The minimum Gasteiger partial charge on any atom is -0.348 e. The van der Waals surface area contributed by atoms with E-state index >= 15 is 0 Å². The van der Waals surface area contributed by atoms with Gasteiger partial charge in [0.2, 0.25) is 0 Å². The van der Waals surface area contributed by atoms with Crippen LogP contribution < -0.4 is 11.1 Å². The van der Waals surface area contributed by atoms with Crippen LogP contribution in [0.4, 0.5) is 13.2 Å². The number of nitrogens with one attached hydrogen (secondary N) is 1. The van der Waals surface area contributed by atoms with Crippen molar-refractivity contribution in [3.63, 3.8) is 0 Å². The Morgan fingerprint density at radius 2 is 1.81 bits per heavy atom. The number of nitrogens with two attached hydrogens (primary N) is 1. The monoisotopic (exact) mass is 300 g/mol. The van der Waals surface area contributed by atoms with E-state index in [0.29, 0.717) is 12.5 Å². The largest absolute Gasteiger partial charge is 0.416 e. The first-order chi connectivity index (χ1) is 9.91. The number of hydrogen-bond acceptors (Lipinski definition) is 2. The zero-order chi connectivity index (χ0) is 15.5. The van der Waals surface area contributed by atoms with Crippen LogP contribution in [0.15, 0.2) is 24.3 Å². The van der Waals surface area contributed by atoms with Crippen LogP contribution in [-0.2, 0) is 6.18 Å². The van der Waals surface area contributed by atoms with Crippen molar-refractivity contribution in [2.24, 2.45) is 11.7 Å². The molecule has 0 heterocycles.